The van der Waals surface area contributed by atoms with E-state index in [0.717, 1.165) is 46.0 Å². The smallest absolute Gasteiger partial charge is 0.335 e. The van der Waals surface area contributed by atoms with E-state index in [0.29, 0.717) is 18.1 Å². The Balaban J connectivity index is 0.000000282. The van der Waals surface area contributed by atoms with Gasteiger partial charge in [-0.15, -0.1) is 0 Å². The SMILES string of the molecule is O=c1cc[n+]2c([nH]1)SCC2CI.O=c1cc[n+]2c([nH]1)SCC2CI.O=c1cc[n+]2c([nH]1)SCC2CI.[I-].[I-].[I-]. The standard InChI is InChI=1S/3C7H7IN2OS.3HI/c3*8-3-5-4-12-7-9-6(11)1-2-10(5)7;;;/h3*1-2,5H,3-4H2;3*1H. The van der Waals surface area contributed by atoms with Crippen LogP contribution in [0.1, 0.15) is 18.1 Å². The minimum Gasteiger partial charge on any atom is -1.00 e. The summed E-state index contributed by atoms with van der Waals surface area (Å²) in [5.74, 6) is 3.22. The summed E-state index contributed by atoms with van der Waals surface area (Å²) in [6.45, 7) is 0. The third kappa shape index (κ3) is 10.6. The summed E-state index contributed by atoms with van der Waals surface area (Å²) < 4.78 is 9.69. The van der Waals surface area contributed by atoms with Crippen LogP contribution in [-0.4, -0.2) is 45.5 Å². The van der Waals surface area contributed by atoms with Crippen molar-refractivity contribution < 1.29 is 85.6 Å². The van der Waals surface area contributed by atoms with Gasteiger partial charge in [-0.2, -0.15) is 0 Å². The molecule has 3 atom stereocenters. The minimum absolute atomic E-state index is 0. The van der Waals surface area contributed by atoms with Crippen molar-refractivity contribution >= 4 is 103 Å². The maximum absolute atomic E-state index is 10.9. The molecular formula is C21H24I6N6O3S3. The fraction of sp³-hybridized carbons (Fsp3) is 0.429. The number of aromatic nitrogens is 6. The van der Waals surface area contributed by atoms with Crippen LogP contribution in [0.4, 0.5) is 0 Å². The second-order valence-corrected chi connectivity index (χ2v) is 13.6. The summed E-state index contributed by atoms with van der Waals surface area (Å²) in [5.41, 5.74) is -0.0337. The lowest BCUT2D eigenvalue weighted by atomic mass is 10.4. The van der Waals surface area contributed by atoms with Crippen molar-refractivity contribution in [3.05, 3.63) is 67.9 Å². The number of rotatable bonds is 3. The predicted molar refractivity (Wildman–Crippen MR) is 168 cm³/mol. The molecular weight excluding hydrogens is 1240 g/mol. The van der Waals surface area contributed by atoms with Crippen LogP contribution in [0, 0.1) is 0 Å². The lowest BCUT2D eigenvalue weighted by Crippen LogP contribution is -3.00. The highest BCUT2D eigenvalue weighted by Gasteiger charge is 2.29. The molecule has 18 heteroatoms. The molecule has 3 unspecified atom stereocenters. The lowest BCUT2D eigenvalue weighted by molar-refractivity contribution is -0.747. The molecule has 39 heavy (non-hydrogen) atoms. The van der Waals surface area contributed by atoms with Crippen molar-refractivity contribution in [2.45, 2.75) is 33.6 Å². The van der Waals surface area contributed by atoms with Crippen LogP contribution in [0.3, 0.4) is 0 Å². The molecule has 0 saturated carbocycles. The van der Waals surface area contributed by atoms with Crippen LogP contribution in [0.25, 0.3) is 0 Å². The zero-order chi connectivity index (χ0) is 25.7. The Kier molecular flexibility index (Phi) is 19.5. The second-order valence-electron chi connectivity index (χ2n) is 7.91. The molecule has 0 amide bonds. The maximum atomic E-state index is 10.9. The fourth-order valence-electron chi connectivity index (χ4n) is 3.60. The lowest BCUT2D eigenvalue weighted by Gasteiger charge is -2.01. The Morgan fingerprint density at radius 1 is 0.590 bits per heavy atom. The Hall–Kier alpha value is 2.07. The molecule has 9 nitrogen and oxygen atoms in total. The van der Waals surface area contributed by atoms with Gasteiger partial charge in [-0.1, -0.05) is 67.8 Å². The first kappa shape index (κ1) is 39.1. The molecule has 3 aromatic rings. The van der Waals surface area contributed by atoms with Gasteiger partial charge in [-0.25, -0.2) is 43.0 Å². The number of nitrogens with zero attached hydrogens (tertiary/aromatic N) is 3. The molecule has 6 heterocycles. The molecule has 3 aliphatic heterocycles. The van der Waals surface area contributed by atoms with E-state index in [9.17, 15) is 14.4 Å². The Bertz CT molecular complexity index is 1230. The molecule has 0 aliphatic carbocycles. The highest BCUT2D eigenvalue weighted by Crippen LogP contribution is 2.25. The van der Waals surface area contributed by atoms with Crippen LogP contribution in [0.15, 0.2) is 66.6 Å². The number of alkyl halides is 3. The highest BCUT2D eigenvalue weighted by molar-refractivity contribution is 14.1. The van der Waals surface area contributed by atoms with E-state index < -0.39 is 0 Å². The fourth-order valence-corrected chi connectivity index (χ4v) is 10.6. The van der Waals surface area contributed by atoms with E-state index in [1.807, 2.05) is 18.6 Å². The Labute approximate surface area is 330 Å². The summed E-state index contributed by atoms with van der Waals surface area (Å²) in [6.07, 6.45) is 5.62. The predicted octanol–water partition coefficient (Wildman–Crippen LogP) is -6.76. The quantitative estimate of drug-likeness (QED) is 0.104. The molecule has 6 rings (SSSR count). The highest BCUT2D eigenvalue weighted by atomic mass is 127. The first-order valence-electron chi connectivity index (χ1n) is 10.9. The topological polar surface area (TPSA) is 110 Å². The van der Waals surface area contributed by atoms with Gasteiger partial charge in [0.15, 0.2) is 0 Å². The van der Waals surface area contributed by atoms with Crippen molar-refractivity contribution in [2.24, 2.45) is 0 Å². The number of hydrogen-bond acceptors (Lipinski definition) is 6. The van der Waals surface area contributed by atoms with Crippen LogP contribution in [-0.2, 0) is 0 Å². The van der Waals surface area contributed by atoms with Crippen molar-refractivity contribution in [1.82, 2.24) is 15.0 Å². The molecule has 216 valence electrons. The number of nitrogens with one attached hydrogen (secondary N) is 3. The molecule has 0 radical (unpaired) electrons. The van der Waals surface area contributed by atoms with Gasteiger partial charge in [-0.05, 0) is 35.3 Å². The molecule has 3 N–H and O–H groups in total. The Morgan fingerprint density at radius 2 is 0.846 bits per heavy atom. The van der Waals surface area contributed by atoms with Gasteiger partial charge in [0, 0.05) is 30.5 Å². The summed E-state index contributed by atoms with van der Waals surface area (Å²) in [7, 11) is 0. The van der Waals surface area contributed by atoms with E-state index in [1.54, 1.807) is 53.5 Å². The number of hydrogen-bond donors (Lipinski definition) is 3. The van der Waals surface area contributed by atoms with E-state index in [4.69, 9.17) is 0 Å². The van der Waals surface area contributed by atoms with Crippen LogP contribution < -0.4 is 102 Å². The second kappa shape index (κ2) is 19.5. The number of H-pyrrole nitrogens is 3. The van der Waals surface area contributed by atoms with Crippen molar-refractivity contribution in [2.75, 3.05) is 30.5 Å². The number of thioether (sulfide) groups is 3. The minimum atomic E-state index is -0.0112. The summed E-state index contributed by atoms with van der Waals surface area (Å²) >= 11 is 12.3. The average Bonchev–Trinajstić information content (AvgIpc) is 3.59. The van der Waals surface area contributed by atoms with Gasteiger partial charge < -0.3 is 71.9 Å². The number of aromatic amines is 3. The van der Waals surface area contributed by atoms with Crippen LogP contribution in [0.2, 0.25) is 0 Å². The van der Waals surface area contributed by atoms with Crippen molar-refractivity contribution in [3.63, 3.8) is 0 Å². The third-order valence-corrected chi connectivity index (χ3v) is 12.0. The first-order valence-corrected chi connectivity index (χ1v) is 18.5. The van der Waals surface area contributed by atoms with Crippen LogP contribution >= 0.6 is 103 Å². The average molecular weight is 1270 g/mol. The molecule has 0 bridgehead atoms. The van der Waals surface area contributed by atoms with Gasteiger partial charge in [-0.3, -0.25) is 0 Å². The number of fused-ring (bicyclic) bond motifs is 3. The first-order chi connectivity index (χ1) is 17.4. The van der Waals surface area contributed by atoms with E-state index >= 15 is 0 Å². The van der Waals surface area contributed by atoms with Gasteiger partial charge in [0.05, 0.1) is 36.8 Å². The van der Waals surface area contributed by atoms with Gasteiger partial charge in [0.25, 0.3) is 0 Å². The van der Waals surface area contributed by atoms with E-state index in [-0.39, 0.29) is 88.6 Å². The molecule has 3 aromatic heterocycles. The maximum Gasteiger partial charge on any atom is 0.335 e. The molecule has 3 aliphatic rings. The summed E-state index contributed by atoms with van der Waals surface area (Å²) in [4.78, 5) is 41.3. The largest absolute Gasteiger partial charge is 1.00 e. The van der Waals surface area contributed by atoms with E-state index in [1.165, 1.54) is 0 Å². The third-order valence-electron chi connectivity index (χ3n) is 5.51. The normalized spacial score (nSPS) is 19.3. The van der Waals surface area contributed by atoms with Gasteiger partial charge >= 0.3 is 32.1 Å². The summed E-state index contributed by atoms with van der Waals surface area (Å²) in [6, 6.07) is 6.37. The van der Waals surface area contributed by atoms with Gasteiger partial charge in [0.2, 0.25) is 0 Å². The van der Waals surface area contributed by atoms with E-state index in [2.05, 4.69) is 96.4 Å². The van der Waals surface area contributed by atoms with Crippen molar-refractivity contribution in [1.29, 1.82) is 0 Å². The van der Waals surface area contributed by atoms with Crippen molar-refractivity contribution in [3.8, 4) is 0 Å². The molecule has 0 saturated heterocycles. The molecule has 0 aromatic carbocycles. The van der Waals surface area contributed by atoms with Crippen LogP contribution in [0.5, 0.6) is 0 Å². The summed E-state index contributed by atoms with van der Waals surface area (Å²) in [5, 5.41) is 2.97. The Morgan fingerprint density at radius 3 is 1.08 bits per heavy atom. The van der Waals surface area contributed by atoms with Gasteiger partial charge in [0.1, 0.15) is 18.1 Å². The molecule has 0 spiro atoms. The monoisotopic (exact) mass is 1270 g/mol. The zero-order valence-electron chi connectivity index (χ0n) is 20.0. The zero-order valence-corrected chi connectivity index (χ0v) is 35.4. The number of halogens is 6. The molecule has 0 fully saturated rings.